The maximum absolute atomic E-state index is 13.7. The summed E-state index contributed by atoms with van der Waals surface area (Å²) in [6.07, 6.45) is 0. The Hall–Kier alpha value is -3.46. The smallest absolute Gasteiger partial charge is 0.264 e. The van der Waals surface area contributed by atoms with E-state index in [2.05, 4.69) is 17.4 Å². The van der Waals surface area contributed by atoms with Crippen molar-refractivity contribution in [1.29, 1.82) is 0 Å². The lowest BCUT2D eigenvalue weighted by Gasteiger charge is -2.25. The molecule has 0 saturated carbocycles. The zero-order valence-corrected chi connectivity index (χ0v) is 24.2. The summed E-state index contributed by atoms with van der Waals surface area (Å²) in [6, 6.07) is 27.1. The van der Waals surface area contributed by atoms with E-state index in [0.717, 1.165) is 26.7 Å². The maximum atomic E-state index is 13.7. The average molecular weight is 581 g/mol. The van der Waals surface area contributed by atoms with Crippen LogP contribution in [0.2, 0.25) is 5.02 Å². The molecule has 4 aromatic rings. The number of amides is 1. The van der Waals surface area contributed by atoms with Crippen molar-refractivity contribution in [3.05, 3.63) is 113 Å². The molecule has 0 aliphatic carbocycles. The first-order chi connectivity index (χ1) is 18.7. The number of nitrogens with one attached hydrogen (secondary N) is 1. The van der Waals surface area contributed by atoms with Crippen LogP contribution in [0, 0.1) is 13.8 Å². The highest BCUT2D eigenvalue weighted by atomic mass is 35.5. The Kier molecular flexibility index (Phi) is 9.22. The molecule has 4 aromatic carbocycles. The van der Waals surface area contributed by atoms with Crippen LogP contribution in [-0.2, 0) is 20.6 Å². The Morgan fingerprint density at radius 3 is 2.31 bits per heavy atom. The molecule has 6 nitrogen and oxygen atoms in total. The topological polar surface area (TPSA) is 75.7 Å². The van der Waals surface area contributed by atoms with Crippen LogP contribution >= 0.6 is 23.4 Å². The molecule has 0 aliphatic rings. The van der Waals surface area contributed by atoms with E-state index in [9.17, 15) is 13.2 Å². The van der Waals surface area contributed by atoms with Crippen molar-refractivity contribution in [3.8, 4) is 5.75 Å². The van der Waals surface area contributed by atoms with Gasteiger partial charge in [0.1, 0.15) is 12.3 Å². The highest BCUT2D eigenvalue weighted by molar-refractivity contribution is 7.98. The van der Waals surface area contributed by atoms with Gasteiger partial charge in [-0.1, -0.05) is 59.6 Å². The van der Waals surface area contributed by atoms with Gasteiger partial charge in [0, 0.05) is 16.3 Å². The van der Waals surface area contributed by atoms with E-state index >= 15 is 0 Å². The van der Waals surface area contributed by atoms with Gasteiger partial charge in [0.2, 0.25) is 5.91 Å². The van der Waals surface area contributed by atoms with Gasteiger partial charge >= 0.3 is 0 Å². The summed E-state index contributed by atoms with van der Waals surface area (Å²) in [5, 5.41) is 3.11. The van der Waals surface area contributed by atoms with Gasteiger partial charge in [0.25, 0.3) is 10.0 Å². The third kappa shape index (κ3) is 7.15. The van der Waals surface area contributed by atoms with Gasteiger partial charge in [-0.15, -0.1) is 11.8 Å². The molecule has 202 valence electrons. The van der Waals surface area contributed by atoms with E-state index < -0.39 is 22.5 Å². The van der Waals surface area contributed by atoms with Crippen molar-refractivity contribution >= 4 is 50.7 Å². The van der Waals surface area contributed by atoms with Crippen LogP contribution < -0.4 is 14.4 Å². The number of ether oxygens (including phenoxy) is 1. The summed E-state index contributed by atoms with van der Waals surface area (Å²) in [5.41, 5.74) is 3.80. The predicted octanol–water partition coefficient (Wildman–Crippen LogP) is 7.09. The van der Waals surface area contributed by atoms with E-state index in [-0.39, 0.29) is 15.6 Å². The lowest BCUT2D eigenvalue weighted by Crippen LogP contribution is -2.38. The van der Waals surface area contributed by atoms with Crippen molar-refractivity contribution in [3.63, 3.8) is 0 Å². The Balaban J connectivity index is 1.55. The van der Waals surface area contributed by atoms with Crippen LogP contribution in [0.25, 0.3) is 0 Å². The van der Waals surface area contributed by atoms with Gasteiger partial charge in [-0.2, -0.15) is 0 Å². The molecule has 4 rings (SSSR count). The van der Waals surface area contributed by atoms with Gasteiger partial charge in [-0.05, 0) is 73.5 Å². The fraction of sp³-hybridized carbons (Fsp3) is 0.167. The highest BCUT2D eigenvalue weighted by Gasteiger charge is 2.28. The normalized spacial score (nSPS) is 11.2. The number of nitrogens with zero attached hydrogens (tertiary/aromatic N) is 1. The molecule has 0 spiro atoms. The number of carbonyl (C=O) groups excluding carboxylic acids is 1. The second-order valence-corrected chi connectivity index (χ2v) is 12.3. The molecule has 9 heteroatoms. The fourth-order valence-electron chi connectivity index (χ4n) is 3.92. The summed E-state index contributed by atoms with van der Waals surface area (Å²) in [4.78, 5) is 14.5. The molecule has 1 amide bonds. The number of thioether (sulfide) groups is 1. The molecule has 39 heavy (non-hydrogen) atoms. The molecule has 1 N–H and O–H groups in total. The minimum Gasteiger partial charge on any atom is -0.495 e. The highest BCUT2D eigenvalue weighted by Crippen LogP contribution is 2.32. The summed E-state index contributed by atoms with van der Waals surface area (Å²) in [5.74, 6) is 0.714. The summed E-state index contributed by atoms with van der Waals surface area (Å²) in [7, 11) is -2.60. The zero-order chi connectivity index (χ0) is 28.0. The molecule has 0 atom stereocenters. The zero-order valence-electron chi connectivity index (χ0n) is 21.8. The standard InChI is InChI=1S/C30H29ClN2O4S2/c1-21-9-13-26(14-10-21)39(35,36)33(24-12-16-29(37-3)27(31)18-24)19-30(34)32-28-15-11-23(17-22(28)2)20-38-25-7-5-4-6-8-25/h4-18H,19-20H2,1-3H3,(H,32,34). The maximum Gasteiger partial charge on any atom is 0.264 e. The Bertz CT molecular complexity index is 1560. The fourth-order valence-corrected chi connectivity index (χ4v) is 6.45. The SMILES string of the molecule is COc1ccc(N(CC(=O)Nc2ccc(CSc3ccccc3)cc2C)S(=O)(=O)c2ccc(C)cc2)cc1Cl. The van der Waals surface area contributed by atoms with Crippen LogP contribution in [0.4, 0.5) is 11.4 Å². The number of rotatable bonds is 10. The van der Waals surface area contributed by atoms with Gasteiger partial charge < -0.3 is 10.1 Å². The minimum atomic E-state index is -4.07. The average Bonchev–Trinajstić information content (AvgIpc) is 2.92. The first-order valence-corrected chi connectivity index (χ1v) is 15.0. The largest absolute Gasteiger partial charge is 0.495 e. The number of hydrogen-bond acceptors (Lipinski definition) is 5. The predicted molar refractivity (Wildman–Crippen MR) is 160 cm³/mol. The van der Waals surface area contributed by atoms with Gasteiger partial charge in [0.15, 0.2) is 0 Å². The van der Waals surface area contributed by atoms with Crippen LogP contribution in [0.3, 0.4) is 0 Å². The van der Waals surface area contributed by atoms with Gasteiger partial charge in [-0.3, -0.25) is 9.10 Å². The van der Waals surface area contributed by atoms with Crippen LogP contribution in [0.5, 0.6) is 5.75 Å². The van der Waals surface area contributed by atoms with Crippen molar-refractivity contribution in [2.75, 3.05) is 23.3 Å². The third-order valence-corrected chi connectivity index (χ3v) is 9.20. The number of aryl methyl sites for hydroxylation is 2. The number of methoxy groups -OCH3 is 1. The van der Waals surface area contributed by atoms with Crippen LogP contribution in [0.1, 0.15) is 16.7 Å². The van der Waals surface area contributed by atoms with E-state index in [1.54, 1.807) is 36.0 Å². The molecule has 0 aliphatic heterocycles. The number of carbonyl (C=O) groups is 1. The second-order valence-electron chi connectivity index (χ2n) is 8.94. The number of halogens is 1. The van der Waals surface area contributed by atoms with Gasteiger partial charge in [0.05, 0.1) is 22.7 Å². The van der Waals surface area contributed by atoms with Crippen molar-refractivity contribution in [2.45, 2.75) is 29.4 Å². The first kappa shape index (κ1) is 28.5. The number of sulfonamides is 1. The Morgan fingerprint density at radius 2 is 1.67 bits per heavy atom. The number of hydrogen-bond donors (Lipinski definition) is 1. The van der Waals surface area contributed by atoms with Crippen molar-refractivity contribution in [2.24, 2.45) is 0 Å². The Labute approximate surface area is 239 Å². The molecule has 0 aromatic heterocycles. The minimum absolute atomic E-state index is 0.0734. The third-order valence-electron chi connectivity index (χ3n) is 6.03. The van der Waals surface area contributed by atoms with Crippen LogP contribution in [-0.4, -0.2) is 28.0 Å². The van der Waals surface area contributed by atoms with E-state index in [4.69, 9.17) is 16.3 Å². The van der Waals surface area contributed by atoms with Gasteiger partial charge in [-0.25, -0.2) is 8.42 Å². The molecule has 0 fully saturated rings. The molecular formula is C30H29ClN2O4S2. The molecule has 0 unspecified atom stereocenters. The monoisotopic (exact) mass is 580 g/mol. The molecule has 0 radical (unpaired) electrons. The number of anilines is 2. The summed E-state index contributed by atoms with van der Waals surface area (Å²) in [6.45, 7) is 3.35. The lowest BCUT2D eigenvalue weighted by atomic mass is 10.1. The molecule has 0 heterocycles. The summed E-state index contributed by atoms with van der Waals surface area (Å²) >= 11 is 8.04. The van der Waals surface area contributed by atoms with Crippen molar-refractivity contribution < 1.29 is 17.9 Å². The quantitative estimate of drug-likeness (QED) is 0.203. The molecule has 0 saturated heterocycles. The van der Waals surface area contributed by atoms with E-state index in [0.29, 0.717) is 11.4 Å². The molecular weight excluding hydrogens is 552 g/mol. The summed E-state index contributed by atoms with van der Waals surface area (Å²) < 4.78 is 33.6. The second kappa shape index (κ2) is 12.6. The van der Waals surface area contributed by atoms with Crippen LogP contribution in [0.15, 0.2) is 101 Å². The van der Waals surface area contributed by atoms with E-state index in [1.807, 2.05) is 50.2 Å². The van der Waals surface area contributed by atoms with Crippen molar-refractivity contribution in [1.82, 2.24) is 0 Å². The number of benzene rings is 4. The van der Waals surface area contributed by atoms with E-state index in [1.165, 1.54) is 30.2 Å². The molecule has 0 bridgehead atoms. The Morgan fingerprint density at radius 1 is 0.949 bits per heavy atom. The first-order valence-electron chi connectivity index (χ1n) is 12.2. The lowest BCUT2D eigenvalue weighted by molar-refractivity contribution is -0.114.